The Bertz CT molecular complexity index is 2030. The molecular weight excluding hydrogens is 585 g/mol. The molecule has 1 aromatic carbocycles. The van der Waals surface area contributed by atoms with Gasteiger partial charge >= 0.3 is 5.97 Å². The van der Waals surface area contributed by atoms with Crippen molar-refractivity contribution in [2.75, 3.05) is 20.8 Å². The molecule has 0 spiro atoms. The van der Waals surface area contributed by atoms with Crippen LogP contribution in [0.1, 0.15) is 58.4 Å². The van der Waals surface area contributed by atoms with Gasteiger partial charge in [0, 0.05) is 16.3 Å². The number of methoxy groups -OCH3 is 2. The van der Waals surface area contributed by atoms with Crippen LogP contribution < -0.4 is 24.4 Å². The molecule has 1 aliphatic rings. The number of benzene rings is 1. The fraction of sp³-hybridized carbons (Fsp3) is 0.312. The Hall–Kier alpha value is -4.40. The van der Waals surface area contributed by atoms with Crippen molar-refractivity contribution in [2.45, 2.75) is 47.6 Å². The standard InChI is InChI=1S/C32H32N4O5S2/c1-9-41-31(38)27-18(4)34-32-36(28(27)21-10-11-24(39-7)25(13-21)40-8)29(37)26(43-32)14-22-12-16(2)35(19(22)5)30-23(15-33)17(3)20(6)42-30/h10-14,28H,9H2,1-8H3/b26-14+/t28-/m0/s1. The van der Waals surface area contributed by atoms with E-state index in [1.54, 1.807) is 49.0 Å². The van der Waals surface area contributed by atoms with E-state index >= 15 is 0 Å². The van der Waals surface area contributed by atoms with E-state index in [0.717, 1.165) is 32.4 Å². The van der Waals surface area contributed by atoms with Gasteiger partial charge < -0.3 is 18.8 Å². The number of thiophene rings is 1. The highest BCUT2D eigenvalue weighted by Crippen LogP contribution is 2.36. The van der Waals surface area contributed by atoms with Crippen LogP contribution in [-0.2, 0) is 9.53 Å². The molecule has 0 N–H and O–H groups in total. The molecule has 3 aromatic heterocycles. The zero-order valence-electron chi connectivity index (χ0n) is 25.3. The zero-order chi connectivity index (χ0) is 31.2. The Balaban J connectivity index is 1.72. The molecule has 4 aromatic rings. The minimum atomic E-state index is -0.778. The second-order valence-electron chi connectivity index (χ2n) is 10.2. The lowest BCUT2D eigenvalue weighted by molar-refractivity contribution is -0.139. The largest absolute Gasteiger partial charge is 0.493 e. The number of aromatic nitrogens is 2. The van der Waals surface area contributed by atoms with Crippen LogP contribution >= 0.6 is 22.7 Å². The molecule has 5 rings (SSSR count). The maximum atomic E-state index is 14.1. The number of ether oxygens (including phenoxy) is 3. The van der Waals surface area contributed by atoms with E-state index in [4.69, 9.17) is 14.2 Å². The van der Waals surface area contributed by atoms with Gasteiger partial charge in [0.1, 0.15) is 11.1 Å². The smallest absolute Gasteiger partial charge is 0.338 e. The lowest BCUT2D eigenvalue weighted by Crippen LogP contribution is -2.40. The first-order valence-corrected chi connectivity index (χ1v) is 15.3. The van der Waals surface area contributed by atoms with Crippen molar-refractivity contribution in [1.29, 1.82) is 5.26 Å². The van der Waals surface area contributed by atoms with Gasteiger partial charge in [-0.15, -0.1) is 11.3 Å². The summed E-state index contributed by atoms with van der Waals surface area (Å²) in [4.78, 5) is 33.6. The zero-order valence-corrected chi connectivity index (χ0v) is 27.0. The molecule has 0 fully saturated rings. The molecule has 0 saturated heterocycles. The van der Waals surface area contributed by atoms with Gasteiger partial charge in [0.15, 0.2) is 16.3 Å². The summed E-state index contributed by atoms with van der Waals surface area (Å²) in [6.07, 6.45) is 1.86. The van der Waals surface area contributed by atoms with E-state index < -0.39 is 12.0 Å². The first-order chi connectivity index (χ1) is 20.6. The van der Waals surface area contributed by atoms with Crippen molar-refractivity contribution in [1.82, 2.24) is 9.13 Å². The van der Waals surface area contributed by atoms with E-state index in [-0.39, 0.29) is 12.2 Å². The van der Waals surface area contributed by atoms with E-state index in [2.05, 4.69) is 15.6 Å². The van der Waals surface area contributed by atoms with Gasteiger partial charge in [-0.25, -0.2) is 9.79 Å². The molecule has 43 heavy (non-hydrogen) atoms. The second-order valence-corrected chi connectivity index (χ2v) is 12.4. The molecule has 0 bridgehead atoms. The number of nitrogens with zero attached hydrogens (tertiary/aromatic N) is 4. The summed E-state index contributed by atoms with van der Waals surface area (Å²) >= 11 is 2.85. The van der Waals surface area contributed by atoms with Crippen molar-refractivity contribution in [2.24, 2.45) is 4.99 Å². The average Bonchev–Trinajstić information content (AvgIpc) is 3.55. The fourth-order valence-corrected chi connectivity index (χ4v) is 7.67. The van der Waals surface area contributed by atoms with E-state index in [1.807, 2.05) is 45.9 Å². The van der Waals surface area contributed by atoms with Crippen LogP contribution in [-0.4, -0.2) is 35.9 Å². The number of allylic oxidation sites excluding steroid dienone is 1. The number of nitriles is 1. The Morgan fingerprint density at radius 3 is 2.47 bits per heavy atom. The number of thiazole rings is 1. The first-order valence-electron chi connectivity index (χ1n) is 13.7. The summed E-state index contributed by atoms with van der Waals surface area (Å²) in [6, 6.07) is 8.92. The van der Waals surface area contributed by atoms with Gasteiger partial charge in [-0.1, -0.05) is 17.4 Å². The van der Waals surface area contributed by atoms with Gasteiger partial charge in [0.05, 0.1) is 48.2 Å². The van der Waals surface area contributed by atoms with Gasteiger partial charge in [0.2, 0.25) is 0 Å². The summed E-state index contributed by atoms with van der Waals surface area (Å²) in [5.41, 5.74) is 5.53. The summed E-state index contributed by atoms with van der Waals surface area (Å²) in [7, 11) is 3.09. The van der Waals surface area contributed by atoms with Crippen molar-refractivity contribution < 1.29 is 19.0 Å². The summed E-state index contributed by atoms with van der Waals surface area (Å²) in [5, 5.41) is 10.7. The number of fused-ring (bicyclic) bond motifs is 1. The number of esters is 1. The molecular formula is C32H32N4O5S2. The van der Waals surface area contributed by atoms with Crippen LogP contribution in [0.15, 0.2) is 45.3 Å². The summed E-state index contributed by atoms with van der Waals surface area (Å²) in [5.74, 6) is 0.475. The van der Waals surface area contributed by atoms with Crippen molar-refractivity contribution in [3.63, 3.8) is 0 Å². The van der Waals surface area contributed by atoms with Gasteiger partial charge in [-0.3, -0.25) is 9.36 Å². The molecule has 0 unspecified atom stereocenters. The monoisotopic (exact) mass is 616 g/mol. The molecule has 4 heterocycles. The normalized spacial score (nSPS) is 14.8. The predicted molar refractivity (Wildman–Crippen MR) is 167 cm³/mol. The van der Waals surface area contributed by atoms with E-state index in [0.29, 0.717) is 43.2 Å². The molecule has 1 atom stereocenters. The highest BCUT2D eigenvalue weighted by atomic mass is 32.1. The third-order valence-corrected chi connectivity index (χ3v) is 9.85. The molecule has 9 nitrogen and oxygen atoms in total. The number of carbonyl (C=O) groups excluding carboxylic acids is 1. The van der Waals surface area contributed by atoms with Gasteiger partial charge in [0.25, 0.3) is 5.56 Å². The highest BCUT2D eigenvalue weighted by Gasteiger charge is 2.34. The maximum Gasteiger partial charge on any atom is 0.338 e. The average molecular weight is 617 g/mol. The first kappa shape index (κ1) is 30.1. The lowest BCUT2D eigenvalue weighted by atomic mass is 9.95. The Labute approximate surface area is 257 Å². The number of rotatable bonds is 7. The van der Waals surface area contributed by atoms with Crippen LogP contribution in [0.4, 0.5) is 0 Å². The molecule has 0 saturated carbocycles. The van der Waals surface area contributed by atoms with Gasteiger partial charge in [-0.2, -0.15) is 5.26 Å². The Kier molecular flexibility index (Phi) is 8.18. The van der Waals surface area contributed by atoms with Gasteiger partial charge in [-0.05, 0) is 82.5 Å². The number of hydrogen-bond donors (Lipinski definition) is 0. The minimum Gasteiger partial charge on any atom is -0.493 e. The number of aryl methyl sites for hydroxylation is 2. The number of hydrogen-bond acceptors (Lipinski definition) is 9. The van der Waals surface area contributed by atoms with E-state index in [1.165, 1.54) is 18.4 Å². The lowest BCUT2D eigenvalue weighted by Gasteiger charge is -2.25. The SMILES string of the molecule is CCOC(=O)C1=C(C)N=c2s/c(=C/c3cc(C)n(-c4sc(C)c(C)c4C#N)c3C)c(=O)n2[C@H]1c1ccc(OC)c(OC)c1. The highest BCUT2D eigenvalue weighted by molar-refractivity contribution is 7.15. The number of carbonyl (C=O) groups is 1. The minimum absolute atomic E-state index is 0.186. The summed E-state index contributed by atoms with van der Waals surface area (Å²) < 4.78 is 20.5. The molecule has 0 amide bonds. The third-order valence-electron chi connectivity index (χ3n) is 7.68. The second kappa shape index (κ2) is 11.7. The predicted octanol–water partition coefficient (Wildman–Crippen LogP) is 4.77. The topological polar surface area (TPSA) is 108 Å². The maximum absolute atomic E-state index is 14.1. The van der Waals surface area contributed by atoms with Crippen LogP contribution in [0.5, 0.6) is 11.5 Å². The molecule has 222 valence electrons. The third kappa shape index (κ3) is 5.00. The Morgan fingerprint density at radius 1 is 1.09 bits per heavy atom. The Morgan fingerprint density at radius 2 is 1.81 bits per heavy atom. The van der Waals surface area contributed by atoms with E-state index in [9.17, 15) is 14.9 Å². The van der Waals surface area contributed by atoms with Crippen LogP contribution in [0.2, 0.25) is 0 Å². The van der Waals surface area contributed by atoms with Crippen molar-refractivity contribution in [3.05, 3.63) is 93.7 Å². The summed E-state index contributed by atoms with van der Waals surface area (Å²) in [6.45, 7) is 11.6. The molecule has 11 heteroatoms. The van der Waals surface area contributed by atoms with Crippen molar-refractivity contribution >= 4 is 34.7 Å². The van der Waals surface area contributed by atoms with Crippen LogP contribution in [0.3, 0.4) is 0 Å². The van der Waals surface area contributed by atoms with Crippen LogP contribution in [0, 0.1) is 39.0 Å². The quantitative estimate of drug-likeness (QED) is 0.277. The van der Waals surface area contributed by atoms with Crippen molar-refractivity contribution in [3.8, 4) is 22.6 Å². The fourth-order valence-electron chi connectivity index (χ4n) is 5.42. The molecule has 0 aliphatic carbocycles. The molecule has 1 aliphatic heterocycles. The van der Waals surface area contributed by atoms with Crippen LogP contribution in [0.25, 0.3) is 11.1 Å². The molecule has 0 radical (unpaired) electrons.